The zero-order valence-corrected chi connectivity index (χ0v) is 17.4. The van der Waals surface area contributed by atoms with Crippen LogP contribution in [0.4, 0.5) is 16.2 Å². The van der Waals surface area contributed by atoms with Crippen LogP contribution in [0.1, 0.15) is 32.6 Å². The maximum atomic E-state index is 12.7. The van der Waals surface area contributed by atoms with Crippen molar-refractivity contribution in [3.8, 4) is 5.75 Å². The Kier molecular flexibility index (Phi) is 7.33. The van der Waals surface area contributed by atoms with E-state index in [1.54, 1.807) is 29.0 Å². The molecule has 0 bridgehead atoms. The number of amides is 3. The van der Waals surface area contributed by atoms with Crippen molar-refractivity contribution in [2.24, 2.45) is 0 Å². The van der Waals surface area contributed by atoms with E-state index in [-0.39, 0.29) is 24.6 Å². The Morgan fingerprint density at radius 3 is 2.59 bits per heavy atom. The van der Waals surface area contributed by atoms with Gasteiger partial charge in [0.05, 0.1) is 19.4 Å². The van der Waals surface area contributed by atoms with E-state index in [1.807, 2.05) is 6.07 Å². The Morgan fingerprint density at radius 2 is 1.97 bits per heavy atom. The van der Waals surface area contributed by atoms with E-state index in [9.17, 15) is 14.7 Å². The van der Waals surface area contributed by atoms with Crippen LogP contribution in [0.5, 0.6) is 5.75 Å². The Morgan fingerprint density at radius 1 is 1.21 bits per heavy atom. The molecule has 2 aliphatic rings. The molecule has 0 aliphatic carbocycles. The maximum absolute atomic E-state index is 12.7. The highest BCUT2D eigenvalue weighted by molar-refractivity contribution is 5.97. The van der Waals surface area contributed by atoms with Crippen LogP contribution >= 0.6 is 0 Å². The molecule has 0 radical (unpaired) electrons. The largest absolute Gasteiger partial charge is 0.495 e. The number of methoxy groups -OCH3 is 1. The molecule has 2 aliphatic heterocycles. The van der Waals surface area contributed by atoms with Gasteiger partial charge in [0.2, 0.25) is 5.91 Å². The van der Waals surface area contributed by atoms with E-state index in [0.29, 0.717) is 43.2 Å². The number of rotatable bonds is 6. The van der Waals surface area contributed by atoms with Crippen molar-refractivity contribution >= 4 is 23.3 Å². The predicted octanol–water partition coefficient (Wildman–Crippen LogP) is 2.13. The Hall–Kier alpha value is -2.32. The summed E-state index contributed by atoms with van der Waals surface area (Å²) in [6, 6.07) is 5.41. The van der Waals surface area contributed by atoms with Gasteiger partial charge >= 0.3 is 6.03 Å². The summed E-state index contributed by atoms with van der Waals surface area (Å²) in [4.78, 5) is 30.8. The van der Waals surface area contributed by atoms with Gasteiger partial charge in [-0.2, -0.15) is 0 Å². The summed E-state index contributed by atoms with van der Waals surface area (Å²) in [5.41, 5.74) is 1.35. The molecule has 2 fully saturated rings. The molecule has 160 valence electrons. The average Bonchev–Trinajstić information content (AvgIpc) is 2.75. The molecule has 0 spiro atoms. The van der Waals surface area contributed by atoms with Crippen molar-refractivity contribution in [2.75, 3.05) is 56.7 Å². The van der Waals surface area contributed by atoms with Gasteiger partial charge in [0, 0.05) is 50.9 Å². The lowest BCUT2D eigenvalue weighted by Crippen LogP contribution is -2.53. The number of carbonyl (C=O) groups excluding carboxylic acids is 2. The second-order valence-corrected chi connectivity index (χ2v) is 7.59. The van der Waals surface area contributed by atoms with Gasteiger partial charge in [-0.1, -0.05) is 6.92 Å². The molecule has 1 aromatic rings. The quantitative estimate of drug-likeness (QED) is 0.759. The molecule has 8 nitrogen and oxygen atoms in total. The number of nitrogens with one attached hydrogen (secondary N) is 1. The number of piperazine rings is 1. The van der Waals surface area contributed by atoms with Gasteiger partial charge in [-0.25, -0.2) is 4.79 Å². The minimum absolute atomic E-state index is 0.0866. The number of piperidine rings is 1. The number of anilines is 2. The number of hydrogen-bond donors (Lipinski definition) is 2. The number of hydrogen-bond acceptors (Lipinski definition) is 5. The highest BCUT2D eigenvalue weighted by Crippen LogP contribution is 2.33. The zero-order chi connectivity index (χ0) is 20.8. The molecule has 29 heavy (non-hydrogen) atoms. The van der Waals surface area contributed by atoms with Crippen LogP contribution < -0.4 is 15.0 Å². The molecule has 0 unspecified atom stereocenters. The van der Waals surface area contributed by atoms with Gasteiger partial charge in [-0.15, -0.1) is 0 Å². The number of benzene rings is 1. The molecule has 1 atom stereocenters. The zero-order valence-electron chi connectivity index (χ0n) is 17.4. The molecule has 3 amide bonds. The molecule has 0 aromatic heterocycles. The fraction of sp³-hybridized carbons (Fsp3) is 0.619. The first kappa shape index (κ1) is 21.4. The summed E-state index contributed by atoms with van der Waals surface area (Å²) < 4.78 is 5.44. The highest BCUT2D eigenvalue weighted by atomic mass is 16.5. The van der Waals surface area contributed by atoms with Crippen LogP contribution in [-0.2, 0) is 4.79 Å². The van der Waals surface area contributed by atoms with Gasteiger partial charge in [-0.3, -0.25) is 9.69 Å². The van der Waals surface area contributed by atoms with Gasteiger partial charge in [0.1, 0.15) is 5.75 Å². The summed E-state index contributed by atoms with van der Waals surface area (Å²) >= 11 is 0. The SMILES string of the molecule is CC[C@H](CO)N1CCN(C(=O)Nc2ccc(OC)c(N3CCCCC3=O)c2)CC1. The molecular formula is C21H32N4O4. The molecule has 8 heteroatoms. The number of nitrogens with zero attached hydrogens (tertiary/aromatic N) is 3. The van der Waals surface area contributed by atoms with E-state index >= 15 is 0 Å². The van der Waals surface area contributed by atoms with Crippen LogP contribution in [-0.4, -0.2) is 79.3 Å². The van der Waals surface area contributed by atoms with Gasteiger partial charge in [-0.05, 0) is 37.5 Å². The standard InChI is InChI=1S/C21H32N4O4/c1-3-17(15-26)23-10-12-24(13-11-23)21(28)22-16-7-8-19(29-2)18(14-16)25-9-5-4-6-20(25)27/h7-8,14,17,26H,3-6,9-13,15H2,1-2H3,(H,22,28)/t17-/m1/s1. The van der Waals surface area contributed by atoms with Gasteiger partial charge in [0.25, 0.3) is 0 Å². The lowest BCUT2D eigenvalue weighted by molar-refractivity contribution is -0.119. The molecule has 2 heterocycles. The van der Waals surface area contributed by atoms with Gasteiger partial charge in [0.15, 0.2) is 0 Å². The highest BCUT2D eigenvalue weighted by Gasteiger charge is 2.26. The summed E-state index contributed by atoms with van der Waals surface area (Å²) in [7, 11) is 1.58. The summed E-state index contributed by atoms with van der Waals surface area (Å²) in [6.07, 6.45) is 3.31. The second kappa shape index (κ2) is 9.93. The third kappa shape index (κ3) is 5.00. The number of ether oxygens (including phenoxy) is 1. The number of carbonyl (C=O) groups is 2. The lowest BCUT2D eigenvalue weighted by Gasteiger charge is -2.38. The van der Waals surface area contributed by atoms with Crippen molar-refractivity contribution in [2.45, 2.75) is 38.6 Å². The Labute approximate surface area is 172 Å². The van der Waals surface area contributed by atoms with Crippen molar-refractivity contribution in [3.05, 3.63) is 18.2 Å². The van der Waals surface area contributed by atoms with E-state index in [4.69, 9.17) is 4.74 Å². The molecular weight excluding hydrogens is 372 g/mol. The third-order valence-electron chi connectivity index (χ3n) is 5.84. The number of urea groups is 1. The summed E-state index contributed by atoms with van der Waals surface area (Å²) in [5.74, 6) is 0.713. The van der Waals surface area contributed by atoms with Crippen molar-refractivity contribution in [1.29, 1.82) is 0 Å². The second-order valence-electron chi connectivity index (χ2n) is 7.59. The van der Waals surface area contributed by atoms with Crippen LogP contribution in [0.15, 0.2) is 18.2 Å². The summed E-state index contributed by atoms with van der Waals surface area (Å²) in [6.45, 7) is 5.62. The average molecular weight is 405 g/mol. The number of aliphatic hydroxyl groups excluding tert-OH is 1. The van der Waals surface area contributed by atoms with Crippen molar-refractivity contribution < 1.29 is 19.4 Å². The molecule has 0 saturated carbocycles. The predicted molar refractivity (Wildman–Crippen MR) is 113 cm³/mol. The molecule has 1 aromatic carbocycles. The van der Waals surface area contributed by atoms with Gasteiger partial charge < -0.3 is 25.0 Å². The van der Waals surface area contributed by atoms with E-state index in [0.717, 1.165) is 32.4 Å². The smallest absolute Gasteiger partial charge is 0.321 e. The molecule has 3 rings (SSSR count). The summed E-state index contributed by atoms with van der Waals surface area (Å²) in [5, 5.41) is 12.4. The van der Waals surface area contributed by atoms with Crippen LogP contribution in [0.25, 0.3) is 0 Å². The fourth-order valence-corrected chi connectivity index (χ4v) is 4.03. The Balaban J connectivity index is 1.65. The van der Waals surface area contributed by atoms with E-state index in [2.05, 4.69) is 17.1 Å². The minimum Gasteiger partial charge on any atom is -0.495 e. The fourth-order valence-electron chi connectivity index (χ4n) is 4.03. The minimum atomic E-state index is -0.150. The first-order valence-corrected chi connectivity index (χ1v) is 10.5. The van der Waals surface area contributed by atoms with E-state index in [1.165, 1.54) is 0 Å². The van der Waals surface area contributed by atoms with Crippen molar-refractivity contribution in [1.82, 2.24) is 9.80 Å². The maximum Gasteiger partial charge on any atom is 0.321 e. The number of aliphatic hydroxyl groups is 1. The molecule has 2 saturated heterocycles. The van der Waals surface area contributed by atoms with Crippen LogP contribution in [0.3, 0.4) is 0 Å². The lowest BCUT2D eigenvalue weighted by atomic mass is 10.1. The first-order valence-electron chi connectivity index (χ1n) is 10.5. The Bertz CT molecular complexity index is 715. The van der Waals surface area contributed by atoms with E-state index < -0.39 is 0 Å². The molecule has 2 N–H and O–H groups in total. The van der Waals surface area contributed by atoms with Crippen molar-refractivity contribution in [3.63, 3.8) is 0 Å². The monoisotopic (exact) mass is 404 g/mol. The van der Waals surface area contributed by atoms with Crippen LogP contribution in [0, 0.1) is 0 Å². The van der Waals surface area contributed by atoms with Crippen LogP contribution in [0.2, 0.25) is 0 Å². The normalized spacial score (nSPS) is 19.2. The third-order valence-corrected chi connectivity index (χ3v) is 5.84. The topological polar surface area (TPSA) is 85.3 Å². The first-order chi connectivity index (χ1) is 14.1.